The molecule has 0 aromatic carbocycles. The Bertz CT molecular complexity index is 180. The van der Waals surface area contributed by atoms with E-state index in [-0.39, 0.29) is 0 Å². The first-order valence-electron chi connectivity index (χ1n) is 6.98. The molecule has 0 saturated heterocycles. The molecule has 0 radical (unpaired) electrons. The van der Waals surface area contributed by atoms with Gasteiger partial charge in [0, 0.05) is 18.4 Å². The van der Waals surface area contributed by atoms with Crippen molar-refractivity contribution in [3.63, 3.8) is 0 Å². The van der Waals surface area contributed by atoms with Gasteiger partial charge in [0.05, 0.1) is 0 Å². The Labute approximate surface area is 110 Å². The molecule has 0 heterocycles. The van der Waals surface area contributed by atoms with Gasteiger partial charge in [0.1, 0.15) is 0 Å². The van der Waals surface area contributed by atoms with E-state index >= 15 is 0 Å². The van der Waals surface area contributed by atoms with E-state index in [4.69, 9.17) is 0 Å². The van der Waals surface area contributed by atoms with Gasteiger partial charge in [-0.15, -0.1) is 0 Å². The number of nitrogens with zero attached hydrogens (tertiary/aromatic N) is 1. The van der Waals surface area contributed by atoms with Crippen molar-refractivity contribution in [3.8, 4) is 0 Å². The number of hydrogen-bond donors (Lipinski definition) is 0. The maximum absolute atomic E-state index is 3.71. The van der Waals surface area contributed by atoms with E-state index < -0.39 is 0 Å². The molecule has 0 atom stereocenters. The quantitative estimate of drug-likeness (QED) is 0.602. The zero-order valence-electron chi connectivity index (χ0n) is 11.3. The molecule has 0 aliphatic heterocycles. The zero-order chi connectivity index (χ0) is 12.0. The van der Waals surface area contributed by atoms with Crippen molar-refractivity contribution in [2.24, 2.45) is 11.3 Å². The summed E-state index contributed by atoms with van der Waals surface area (Å²) in [5.74, 6) is 0.896. The van der Waals surface area contributed by atoms with E-state index in [9.17, 15) is 0 Å². The molecule has 1 saturated carbocycles. The van der Waals surface area contributed by atoms with E-state index in [0.717, 1.165) is 5.92 Å². The van der Waals surface area contributed by atoms with E-state index in [1.807, 2.05) is 0 Å². The molecule has 0 spiro atoms. The highest BCUT2D eigenvalue weighted by Crippen LogP contribution is 2.43. The van der Waals surface area contributed by atoms with Crippen molar-refractivity contribution in [2.75, 3.05) is 25.0 Å². The van der Waals surface area contributed by atoms with Crippen molar-refractivity contribution < 1.29 is 0 Å². The standard InChI is InChI=1S/C14H28BrN/c1-4-13(5-2)10-16(6-3)12-14(11-15)8-7-9-14/h13H,4-12H2,1-3H3. The topological polar surface area (TPSA) is 3.24 Å². The molecule has 1 fully saturated rings. The maximum atomic E-state index is 3.71. The van der Waals surface area contributed by atoms with E-state index in [0.29, 0.717) is 5.41 Å². The summed E-state index contributed by atoms with van der Waals surface area (Å²) < 4.78 is 0. The summed E-state index contributed by atoms with van der Waals surface area (Å²) in [4.78, 5) is 2.68. The molecular weight excluding hydrogens is 262 g/mol. The molecule has 1 nitrogen and oxygen atoms in total. The molecule has 0 aromatic rings. The average Bonchev–Trinajstić information content (AvgIpc) is 2.28. The molecule has 16 heavy (non-hydrogen) atoms. The SMILES string of the molecule is CCC(CC)CN(CC)CC1(CBr)CCC1. The molecule has 0 aromatic heterocycles. The third kappa shape index (κ3) is 3.73. The fourth-order valence-electron chi connectivity index (χ4n) is 2.70. The Hall–Kier alpha value is 0.440. The second kappa shape index (κ2) is 7.00. The summed E-state index contributed by atoms with van der Waals surface area (Å²) in [7, 11) is 0. The second-order valence-corrected chi connectivity index (χ2v) is 6.06. The van der Waals surface area contributed by atoms with E-state index in [2.05, 4.69) is 41.6 Å². The fourth-order valence-corrected chi connectivity index (χ4v) is 3.44. The van der Waals surface area contributed by atoms with Gasteiger partial charge in [-0.3, -0.25) is 0 Å². The fraction of sp³-hybridized carbons (Fsp3) is 1.00. The predicted molar refractivity (Wildman–Crippen MR) is 76.3 cm³/mol. The average molecular weight is 290 g/mol. The minimum Gasteiger partial charge on any atom is -0.303 e. The minimum absolute atomic E-state index is 0.613. The Kier molecular flexibility index (Phi) is 6.35. The first kappa shape index (κ1) is 14.5. The molecule has 0 N–H and O–H groups in total. The van der Waals surface area contributed by atoms with Gasteiger partial charge in [-0.1, -0.05) is 56.0 Å². The molecule has 2 heteroatoms. The largest absolute Gasteiger partial charge is 0.303 e. The second-order valence-electron chi connectivity index (χ2n) is 5.50. The van der Waals surface area contributed by atoms with Gasteiger partial charge in [-0.25, -0.2) is 0 Å². The lowest BCUT2D eigenvalue weighted by atomic mass is 9.70. The van der Waals surface area contributed by atoms with Gasteiger partial charge < -0.3 is 4.90 Å². The van der Waals surface area contributed by atoms with Crippen LogP contribution in [0.15, 0.2) is 0 Å². The maximum Gasteiger partial charge on any atom is 0.0100 e. The van der Waals surface area contributed by atoms with E-state index in [1.165, 1.54) is 57.1 Å². The van der Waals surface area contributed by atoms with Crippen LogP contribution in [-0.2, 0) is 0 Å². The van der Waals surface area contributed by atoms with Crippen molar-refractivity contribution in [3.05, 3.63) is 0 Å². The van der Waals surface area contributed by atoms with Crippen molar-refractivity contribution in [2.45, 2.75) is 52.9 Å². The zero-order valence-corrected chi connectivity index (χ0v) is 12.9. The summed E-state index contributed by atoms with van der Waals surface area (Å²) >= 11 is 3.71. The summed E-state index contributed by atoms with van der Waals surface area (Å²) in [6, 6.07) is 0. The highest BCUT2D eigenvalue weighted by Gasteiger charge is 2.37. The number of halogens is 1. The van der Waals surface area contributed by atoms with Crippen molar-refractivity contribution in [1.82, 2.24) is 4.90 Å². The lowest BCUT2D eigenvalue weighted by Gasteiger charge is -2.44. The van der Waals surface area contributed by atoms with E-state index in [1.54, 1.807) is 0 Å². The number of rotatable bonds is 8. The molecule has 0 unspecified atom stereocenters. The Morgan fingerprint density at radius 3 is 2.12 bits per heavy atom. The molecule has 0 amide bonds. The first-order chi connectivity index (χ1) is 7.69. The lowest BCUT2D eigenvalue weighted by molar-refractivity contribution is 0.0833. The van der Waals surface area contributed by atoms with Gasteiger partial charge in [0.15, 0.2) is 0 Å². The van der Waals surface area contributed by atoms with Crippen LogP contribution in [0.2, 0.25) is 0 Å². The highest BCUT2D eigenvalue weighted by atomic mass is 79.9. The Balaban J connectivity index is 2.41. The van der Waals surface area contributed by atoms with Crippen LogP contribution in [0.1, 0.15) is 52.9 Å². The lowest BCUT2D eigenvalue weighted by Crippen LogP contribution is -2.45. The molecule has 0 bridgehead atoms. The third-order valence-corrected chi connectivity index (χ3v) is 5.56. The summed E-state index contributed by atoms with van der Waals surface area (Å²) in [6.07, 6.45) is 6.95. The van der Waals surface area contributed by atoms with Gasteiger partial charge in [0.2, 0.25) is 0 Å². The third-order valence-electron chi connectivity index (χ3n) is 4.38. The monoisotopic (exact) mass is 289 g/mol. The normalized spacial score (nSPS) is 19.1. The smallest absolute Gasteiger partial charge is 0.0100 e. The van der Waals surface area contributed by atoms with Gasteiger partial charge in [-0.05, 0) is 30.7 Å². The van der Waals surface area contributed by atoms with Crippen LogP contribution in [0, 0.1) is 11.3 Å². The first-order valence-corrected chi connectivity index (χ1v) is 8.10. The Morgan fingerprint density at radius 1 is 1.19 bits per heavy atom. The van der Waals surface area contributed by atoms with Crippen molar-refractivity contribution >= 4 is 15.9 Å². The van der Waals surface area contributed by atoms with Crippen LogP contribution in [0.4, 0.5) is 0 Å². The number of hydrogen-bond acceptors (Lipinski definition) is 1. The molecule has 1 rings (SSSR count). The van der Waals surface area contributed by atoms with Crippen LogP contribution in [0.25, 0.3) is 0 Å². The highest BCUT2D eigenvalue weighted by molar-refractivity contribution is 9.09. The Morgan fingerprint density at radius 2 is 1.81 bits per heavy atom. The van der Waals surface area contributed by atoms with Crippen LogP contribution in [0.3, 0.4) is 0 Å². The van der Waals surface area contributed by atoms with Crippen molar-refractivity contribution in [1.29, 1.82) is 0 Å². The van der Waals surface area contributed by atoms with Gasteiger partial charge in [0.25, 0.3) is 0 Å². The molecular formula is C14H28BrN. The molecule has 96 valence electrons. The van der Waals surface area contributed by atoms with Crippen LogP contribution >= 0.6 is 15.9 Å². The number of alkyl halides is 1. The predicted octanol–water partition coefficient (Wildman–Crippen LogP) is 4.31. The summed E-state index contributed by atoms with van der Waals surface area (Å²) in [6.45, 7) is 10.8. The summed E-state index contributed by atoms with van der Waals surface area (Å²) in [5.41, 5.74) is 0.613. The van der Waals surface area contributed by atoms with Crippen LogP contribution in [-0.4, -0.2) is 29.9 Å². The minimum atomic E-state index is 0.613. The molecule has 1 aliphatic carbocycles. The summed E-state index contributed by atoms with van der Waals surface area (Å²) in [5, 5.41) is 1.19. The van der Waals surface area contributed by atoms with Gasteiger partial charge in [-0.2, -0.15) is 0 Å². The molecule has 1 aliphatic rings. The van der Waals surface area contributed by atoms with Crippen LogP contribution in [0.5, 0.6) is 0 Å². The van der Waals surface area contributed by atoms with Gasteiger partial charge >= 0.3 is 0 Å². The van der Waals surface area contributed by atoms with Crippen LogP contribution < -0.4 is 0 Å².